The van der Waals surface area contributed by atoms with Gasteiger partial charge in [0.25, 0.3) is 0 Å². The van der Waals surface area contributed by atoms with E-state index in [-0.39, 0.29) is 17.2 Å². The van der Waals surface area contributed by atoms with Crippen molar-refractivity contribution in [2.75, 3.05) is 53.1 Å². The predicted octanol–water partition coefficient (Wildman–Crippen LogP) is 3.72. The van der Waals surface area contributed by atoms with Crippen molar-refractivity contribution in [1.29, 1.82) is 0 Å². The second kappa shape index (κ2) is 10.1. The van der Waals surface area contributed by atoms with Crippen molar-refractivity contribution in [3.63, 3.8) is 0 Å². The van der Waals surface area contributed by atoms with Crippen LogP contribution in [0.15, 0.2) is 47.0 Å². The summed E-state index contributed by atoms with van der Waals surface area (Å²) in [5, 5.41) is 10.6. The van der Waals surface area contributed by atoms with E-state index in [1.165, 1.54) is 0 Å². The minimum atomic E-state index is -0.376. The molecule has 2 aliphatic rings. The second-order valence-corrected chi connectivity index (χ2v) is 8.74. The number of morpholine rings is 1. The molecular formula is C27H33N2O5+. The molecule has 34 heavy (non-hydrogen) atoms. The number of carbonyl (C=O) groups is 1. The number of hydrogen-bond donors (Lipinski definition) is 1. The molecule has 1 fully saturated rings. The van der Waals surface area contributed by atoms with E-state index in [4.69, 9.17) is 14.2 Å². The van der Waals surface area contributed by atoms with Gasteiger partial charge in [0.1, 0.15) is 32.0 Å². The van der Waals surface area contributed by atoms with Gasteiger partial charge in [-0.3, -0.25) is 4.99 Å². The molecule has 7 heteroatoms. The van der Waals surface area contributed by atoms with Gasteiger partial charge in [-0.15, -0.1) is 0 Å². The average Bonchev–Trinajstić information content (AvgIpc) is 3.13. The summed E-state index contributed by atoms with van der Waals surface area (Å²) >= 11 is 0. The molecule has 0 radical (unpaired) electrons. The highest BCUT2D eigenvalue weighted by molar-refractivity contribution is 6.37. The van der Waals surface area contributed by atoms with Gasteiger partial charge in [0, 0.05) is 18.2 Å². The summed E-state index contributed by atoms with van der Waals surface area (Å²) in [6.45, 7) is 9.27. The average molecular weight is 466 g/mol. The van der Waals surface area contributed by atoms with Gasteiger partial charge in [0.05, 0.1) is 31.1 Å². The molecule has 7 nitrogen and oxygen atoms in total. The van der Waals surface area contributed by atoms with Crippen molar-refractivity contribution in [1.82, 2.24) is 0 Å². The number of esters is 1. The first-order valence-electron chi connectivity index (χ1n) is 11.8. The van der Waals surface area contributed by atoms with E-state index in [2.05, 4.69) is 31.0 Å². The van der Waals surface area contributed by atoms with E-state index >= 15 is 0 Å². The van der Waals surface area contributed by atoms with Crippen LogP contribution in [0, 0.1) is 13.8 Å². The molecule has 0 atom stereocenters. The molecule has 1 saturated heterocycles. The summed E-state index contributed by atoms with van der Waals surface area (Å²) < 4.78 is 16.8. The minimum absolute atomic E-state index is 0.0438. The van der Waals surface area contributed by atoms with Crippen molar-refractivity contribution in [2.24, 2.45) is 4.99 Å². The normalized spacial score (nSPS) is 18.2. The Bertz CT molecular complexity index is 1130. The number of quaternary nitrogens is 1. The van der Waals surface area contributed by atoms with Crippen LogP contribution in [0.5, 0.6) is 5.75 Å². The number of carbonyl (C=O) groups excluding carboxylic acids is 1. The van der Waals surface area contributed by atoms with Gasteiger partial charge in [-0.25, -0.2) is 10.0 Å². The number of ether oxygens (including phenoxy) is 3. The van der Waals surface area contributed by atoms with Crippen molar-refractivity contribution in [3.05, 3.63) is 69.8 Å². The lowest BCUT2D eigenvalue weighted by Crippen LogP contribution is -2.54. The van der Waals surface area contributed by atoms with Crippen molar-refractivity contribution < 1.29 is 28.9 Å². The predicted molar refractivity (Wildman–Crippen MR) is 130 cm³/mol. The van der Waals surface area contributed by atoms with E-state index in [1.807, 2.05) is 24.3 Å². The Kier molecular flexibility index (Phi) is 7.16. The van der Waals surface area contributed by atoms with Gasteiger partial charge in [0.15, 0.2) is 0 Å². The largest absolute Gasteiger partial charge is 0.488 e. The molecule has 0 unspecified atom stereocenters. The van der Waals surface area contributed by atoms with Gasteiger partial charge in [0.2, 0.25) is 0 Å². The van der Waals surface area contributed by atoms with Crippen LogP contribution in [0.25, 0.3) is 5.57 Å². The molecule has 1 N–H and O–H groups in total. The number of benzene rings is 2. The maximum atomic E-state index is 13.1. The van der Waals surface area contributed by atoms with E-state index < -0.39 is 0 Å². The summed E-state index contributed by atoms with van der Waals surface area (Å²) in [7, 11) is 1.69. The molecule has 0 aromatic heterocycles. The molecule has 0 amide bonds. The Balaban J connectivity index is 1.69. The highest BCUT2D eigenvalue weighted by atomic mass is 16.6. The Morgan fingerprint density at radius 3 is 2.47 bits per heavy atom. The molecule has 2 aromatic carbocycles. The van der Waals surface area contributed by atoms with Gasteiger partial charge in [-0.05, 0) is 61.2 Å². The lowest BCUT2D eigenvalue weighted by molar-refractivity contribution is -1.11. The van der Waals surface area contributed by atoms with Crippen LogP contribution < -0.4 is 4.74 Å². The molecule has 0 spiro atoms. The maximum Gasteiger partial charge on any atom is 0.340 e. The second-order valence-electron chi connectivity index (χ2n) is 8.74. The number of aryl methyl sites for hydroxylation is 2. The first kappa shape index (κ1) is 24.1. The highest BCUT2D eigenvalue weighted by Gasteiger charge is 2.35. The summed E-state index contributed by atoms with van der Waals surface area (Å²) in [6, 6.07) is 11.9. The molecule has 1 heterocycles. The fraction of sp³-hybridized carbons (Fsp3) is 0.407. The first-order chi connectivity index (χ1) is 16.4. The van der Waals surface area contributed by atoms with Crippen LogP contribution in [0.4, 0.5) is 0 Å². The first-order valence-corrected chi connectivity index (χ1v) is 11.8. The monoisotopic (exact) mass is 465 g/mol. The zero-order valence-electron chi connectivity index (χ0n) is 20.4. The van der Waals surface area contributed by atoms with Crippen LogP contribution in [0.3, 0.4) is 0 Å². The summed E-state index contributed by atoms with van der Waals surface area (Å²) in [4.78, 5) is 17.6. The molecule has 1 aliphatic heterocycles. The van der Waals surface area contributed by atoms with Gasteiger partial charge in [-0.1, -0.05) is 18.2 Å². The quantitative estimate of drug-likeness (QED) is 0.498. The van der Waals surface area contributed by atoms with E-state index in [0.29, 0.717) is 56.5 Å². The zero-order valence-corrected chi connectivity index (χ0v) is 20.4. The number of rotatable bonds is 7. The van der Waals surface area contributed by atoms with E-state index in [9.17, 15) is 10.0 Å². The number of hydroxylamine groups is 3. The van der Waals surface area contributed by atoms with Crippen molar-refractivity contribution in [3.8, 4) is 5.75 Å². The Hall–Kier alpha value is -3.00. The van der Waals surface area contributed by atoms with E-state index in [1.54, 1.807) is 14.0 Å². The third-order valence-corrected chi connectivity index (χ3v) is 6.52. The topological polar surface area (TPSA) is 77.4 Å². The Labute approximate surface area is 200 Å². The van der Waals surface area contributed by atoms with E-state index in [0.717, 1.165) is 33.4 Å². The molecule has 1 aliphatic carbocycles. The van der Waals surface area contributed by atoms with Crippen LogP contribution in [0.1, 0.15) is 34.7 Å². The SMILES string of the molecule is CCOC(=O)C1=C(c2c(C)cccc2C)c2ccc(OCC[N+]3(O)CCOCC3)cc2/C1=N\C. The van der Waals surface area contributed by atoms with Gasteiger partial charge >= 0.3 is 5.97 Å². The fourth-order valence-electron chi connectivity index (χ4n) is 4.76. The van der Waals surface area contributed by atoms with Crippen LogP contribution >= 0.6 is 0 Å². The maximum absolute atomic E-state index is 13.1. The molecule has 2 aromatic rings. The number of fused-ring (bicyclic) bond motifs is 1. The molecule has 180 valence electrons. The lowest BCUT2D eigenvalue weighted by atomic mass is 9.90. The highest BCUT2D eigenvalue weighted by Crippen LogP contribution is 2.42. The zero-order chi connectivity index (χ0) is 24.3. The van der Waals surface area contributed by atoms with Gasteiger partial charge in [-0.2, -0.15) is 4.65 Å². The Morgan fingerprint density at radius 2 is 1.82 bits per heavy atom. The Morgan fingerprint density at radius 1 is 1.12 bits per heavy atom. The minimum Gasteiger partial charge on any atom is -0.488 e. The summed E-state index contributed by atoms with van der Waals surface area (Å²) in [5.74, 6) is 0.296. The standard InChI is InChI=1S/C27H33N2O5/c1-5-33-27(30)25-24(23-18(2)7-6-8-19(23)3)21-10-9-20(17-22(21)26(25)28-4)34-16-13-29(31)11-14-32-15-12-29/h6-10,17,31H,5,11-16H2,1-4H3/q+1/b28-26+. The smallest absolute Gasteiger partial charge is 0.340 e. The molecule has 0 saturated carbocycles. The number of hydrogen-bond acceptors (Lipinski definition) is 6. The molecular weight excluding hydrogens is 432 g/mol. The summed E-state index contributed by atoms with van der Waals surface area (Å²) in [6.07, 6.45) is 0. The van der Waals surface area contributed by atoms with Crippen molar-refractivity contribution in [2.45, 2.75) is 20.8 Å². The fourth-order valence-corrected chi connectivity index (χ4v) is 4.76. The van der Waals surface area contributed by atoms with Crippen LogP contribution in [0.2, 0.25) is 0 Å². The number of nitrogens with zero attached hydrogens (tertiary/aromatic N) is 2. The molecule has 4 rings (SSSR count). The van der Waals surface area contributed by atoms with Crippen LogP contribution in [-0.4, -0.2) is 74.6 Å². The van der Waals surface area contributed by atoms with Gasteiger partial charge < -0.3 is 14.2 Å². The number of aliphatic imine (C=N–C) groups is 1. The third kappa shape index (κ3) is 4.64. The molecule has 0 bridgehead atoms. The lowest BCUT2D eigenvalue weighted by Gasteiger charge is -2.33. The van der Waals surface area contributed by atoms with Crippen molar-refractivity contribution >= 4 is 17.3 Å². The third-order valence-electron chi connectivity index (χ3n) is 6.52. The van der Waals surface area contributed by atoms with Crippen LogP contribution in [-0.2, 0) is 14.3 Å². The summed E-state index contributed by atoms with van der Waals surface area (Å²) in [5.41, 5.74) is 6.93.